The zero-order chi connectivity index (χ0) is 14.7. The quantitative estimate of drug-likeness (QED) is 0.674. The van der Waals surface area contributed by atoms with Crippen LogP contribution in [-0.2, 0) is 0 Å². The van der Waals surface area contributed by atoms with E-state index in [0.717, 1.165) is 17.9 Å². The number of guanidine groups is 1. The van der Waals surface area contributed by atoms with Crippen LogP contribution in [0.4, 0.5) is 5.82 Å². The van der Waals surface area contributed by atoms with Crippen LogP contribution in [0, 0.1) is 0 Å². The third-order valence-corrected chi connectivity index (χ3v) is 4.05. The molecule has 0 unspecified atom stereocenters. The molecule has 2 aromatic rings. The number of pyridine rings is 1. The van der Waals surface area contributed by atoms with Gasteiger partial charge in [0.2, 0.25) is 0 Å². The molecule has 3 N–H and O–H groups in total. The number of aliphatic imine (C=N–C) groups is 1. The highest BCUT2D eigenvalue weighted by Gasteiger charge is 2.31. The monoisotopic (exact) mass is 300 g/mol. The first-order valence-corrected chi connectivity index (χ1v) is 7.36. The molecule has 0 radical (unpaired) electrons. The van der Waals surface area contributed by atoms with Crippen molar-refractivity contribution in [3.05, 3.63) is 59.2 Å². The summed E-state index contributed by atoms with van der Waals surface area (Å²) in [6.45, 7) is 0. The van der Waals surface area contributed by atoms with Gasteiger partial charge in [-0.05, 0) is 42.5 Å². The molecule has 1 heterocycles. The number of nitrogens with one attached hydrogen (secondary N) is 1. The lowest BCUT2D eigenvalue weighted by atomic mass is 9.76. The fourth-order valence-corrected chi connectivity index (χ4v) is 2.84. The molecule has 1 saturated carbocycles. The fraction of sp³-hybridized carbons (Fsp3) is 0.250. The first-order valence-electron chi connectivity index (χ1n) is 6.98. The molecule has 21 heavy (non-hydrogen) atoms. The molecule has 1 aromatic carbocycles. The molecule has 0 atom stereocenters. The number of hydrogen-bond donors (Lipinski definition) is 2. The van der Waals surface area contributed by atoms with Crippen molar-refractivity contribution in [2.24, 2.45) is 10.7 Å². The molecule has 0 saturated heterocycles. The number of nitrogens with two attached hydrogens (primary N) is 1. The highest BCUT2D eigenvalue weighted by atomic mass is 35.5. The molecule has 5 heteroatoms. The maximum Gasteiger partial charge on any atom is 0.194 e. The zero-order valence-corrected chi connectivity index (χ0v) is 12.3. The van der Waals surface area contributed by atoms with Gasteiger partial charge < -0.3 is 11.1 Å². The third-order valence-electron chi connectivity index (χ3n) is 3.70. The van der Waals surface area contributed by atoms with E-state index >= 15 is 0 Å². The van der Waals surface area contributed by atoms with Gasteiger partial charge in [-0.3, -0.25) is 0 Å². The summed E-state index contributed by atoms with van der Waals surface area (Å²) in [7, 11) is 0. The van der Waals surface area contributed by atoms with Gasteiger partial charge in [0, 0.05) is 11.2 Å². The first kappa shape index (κ1) is 13.9. The average Bonchev–Trinajstić information content (AvgIpc) is 2.45. The van der Waals surface area contributed by atoms with Crippen molar-refractivity contribution >= 4 is 23.4 Å². The third kappa shape index (κ3) is 3.34. The Bertz CT molecular complexity index is 636. The first-order chi connectivity index (χ1) is 10.2. The van der Waals surface area contributed by atoms with Crippen LogP contribution in [0.5, 0.6) is 0 Å². The van der Waals surface area contributed by atoms with E-state index in [1.807, 2.05) is 36.4 Å². The van der Waals surface area contributed by atoms with Crippen molar-refractivity contribution in [2.45, 2.75) is 24.8 Å². The largest absolute Gasteiger partial charge is 0.370 e. The lowest BCUT2D eigenvalue weighted by Gasteiger charge is -2.33. The maximum atomic E-state index is 6.21. The van der Waals surface area contributed by atoms with E-state index in [-0.39, 0.29) is 6.04 Å². The molecular weight excluding hydrogens is 284 g/mol. The van der Waals surface area contributed by atoms with Crippen LogP contribution >= 0.6 is 11.6 Å². The Morgan fingerprint density at radius 3 is 2.67 bits per heavy atom. The Morgan fingerprint density at radius 2 is 1.95 bits per heavy atom. The highest BCUT2D eigenvalue weighted by molar-refractivity contribution is 6.31. The van der Waals surface area contributed by atoms with Crippen molar-refractivity contribution in [3.8, 4) is 0 Å². The zero-order valence-electron chi connectivity index (χ0n) is 11.5. The standard InChI is InChI=1S/C16H17ClN4/c17-14-6-2-1-5-13(14)11-9-12(10-11)20-16(18)21-15-7-3-4-8-19-15/h1-8,11-12H,9-10H2,(H3,18,19,20,21). The average molecular weight is 301 g/mol. The molecule has 0 bridgehead atoms. The van der Waals surface area contributed by atoms with E-state index in [1.54, 1.807) is 6.20 Å². The molecule has 1 aliphatic rings. The Labute approximate surface area is 129 Å². The van der Waals surface area contributed by atoms with Crippen molar-refractivity contribution in [3.63, 3.8) is 0 Å². The maximum absolute atomic E-state index is 6.21. The van der Waals surface area contributed by atoms with Crippen molar-refractivity contribution in [1.29, 1.82) is 0 Å². The van der Waals surface area contributed by atoms with E-state index < -0.39 is 0 Å². The molecular formula is C16H17ClN4. The minimum atomic E-state index is 0.252. The van der Waals surface area contributed by atoms with E-state index in [4.69, 9.17) is 17.3 Å². The lowest BCUT2D eigenvalue weighted by Crippen LogP contribution is -2.31. The van der Waals surface area contributed by atoms with Gasteiger partial charge in [-0.15, -0.1) is 0 Å². The van der Waals surface area contributed by atoms with Crippen LogP contribution in [-0.4, -0.2) is 17.0 Å². The van der Waals surface area contributed by atoms with E-state index in [0.29, 0.717) is 17.7 Å². The second kappa shape index (κ2) is 6.14. The summed E-state index contributed by atoms with van der Waals surface area (Å²) in [5.41, 5.74) is 7.11. The van der Waals surface area contributed by atoms with Gasteiger partial charge in [0.1, 0.15) is 5.82 Å². The van der Waals surface area contributed by atoms with Gasteiger partial charge in [0.15, 0.2) is 5.96 Å². The van der Waals surface area contributed by atoms with Crippen LogP contribution in [0.15, 0.2) is 53.7 Å². The number of hydrogen-bond acceptors (Lipinski definition) is 2. The highest BCUT2D eigenvalue weighted by Crippen LogP contribution is 2.41. The predicted molar refractivity (Wildman–Crippen MR) is 86.7 cm³/mol. The number of anilines is 1. The number of nitrogens with zero attached hydrogens (tertiary/aromatic N) is 2. The number of halogens is 1. The van der Waals surface area contributed by atoms with Gasteiger partial charge in [-0.2, -0.15) is 0 Å². The van der Waals surface area contributed by atoms with Gasteiger partial charge in [-0.25, -0.2) is 9.98 Å². The summed E-state index contributed by atoms with van der Waals surface area (Å²) in [5, 5.41) is 3.84. The minimum absolute atomic E-state index is 0.252. The number of rotatable bonds is 3. The van der Waals surface area contributed by atoms with Crippen LogP contribution < -0.4 is 11.1 Å². The van der Waals surface area contributed by atoms with Crippen molar-refractivity contribution in [1.82, 2.24) is 4.98 Å². The van der Waals surface area contributed by atoms with Crippen LogP contribution in [0.2, 0.25) is 5.02 Å². The van der Waals surface area contributed by atoms with Gasteiger partial charge >= 0.3 is 0 Å². The van der Waals surface area contributed by atoms with Crippen LogP contribution in [0.25, 0.3) is 0 Å². The van der Waals surface area contributed by atoms with Crippen molar-refractivity contribution < 1.29 is 0 Å². The summed E-state index contributed by atoms with van der Waals surface area (Å²) in [6.07, 6.45) is 3.68. The molecule has 0 spiro atoms. The normalized spacial score (nSPS) is 21.7. The van der Waals surface area contributed by atoms with Gasteiger partial charge in [0.25, 0.3) is 0 Å². The second-order valence-electron chi connectivity index (χ2n) is 5.20. The van der Waals surface area contributed by atoms with Crippen LogP contribution in [0.1, 0.15) is 24.3 Å². The topological polar surface area (TPSA) is 63.3 Å². The Kier molecular flexibility index (Phi) is 4.06. The van der Waals surface area contributed by atoms with E-state index in [9.17, 15) is 0 Å². The Morgan fingerprint density at radius 1 is 1.19 bits per heavy atom. The summed E-state index contributed by atoms with van der Waals surface area (Å²) < 4.78 is 0. The summed E-state index contributed by atoms with van der Waals surface area (Å²) in [4.78, 5) is 8.64. The van der Waals surface area contributed by atoms with Crippen molar-refractivity contribution in [2.75, 3.05) is 5.32 Å². The SMILES string of the molecule is NC(=NC1CC(c2ccccc2Cl)C1)Nc1ccccn1. The van der Waals surface area contributed by atoms with E-state index in [1.165, 1.54) is 5.56 Å². The minimum Gasteiger partial charge on any atom is -0.370 e. The number of aromatic nitrogens is 1. The molecule has 108 valence electrons. The van der Waals surface area contributed by atoms with Gasteiger partial charge in [0.05, 0.1) is 6.04 Å². The van der Waals surface area contributed by atoms with Crippen LogP contribution in [0.3, 0.4) is 0 Å². The molecule has 0 amide bonds. The summed E-state index contributed by atoms with van der Waals surface area (Å²) in [6, 6.07) is 13.9. The lowest BCUT2D eigenvalue weighted by molar-refractivity contribution is 0.353. The molecule has 1 aliphatic carbocycles. The smallest absolute Gasteiger partial charge is 0.194 e. The fourth-order valence-electron chi connectivity index (χ4n) is 2.55. The summed E-state index contributed by atoms with van der Waals surface area (Å²) in [5.74, 6) is 1.60. The molecule has 1 aromatic heterocycles. The molecule has 0 aliphatic heterocycles. The Balaban J connectivity index is 1.57. The Hall–Kier alpha value is -2.07. The molecule has 3 rings (SSSR count). The van der Waals surface area contributed by atoms with E-state index in [2.05, 4.69) is 21.4 Å². The second-order valence-corrected chi connectivity index (χ2v) is 5.61. The number of benzene rings is 1. The van der Waals surface area contributed by atoms with Gasteiger partial charge in [-0.1, -0.05) is 35.9 Å². The molecule has 1 fully saturated rings. The summed E-state index contributed by atoms with van der Waals surface area (Å²) >= 11 is 6.21. The molecule has 4 nitrogen and oxygen atoms in total. The predicted octanol–water partition coefficient (Wildman–Crippen LogP) is 3.41.